The van der Waals surface area contributed by atoms with E-state index in [1.165, 1.54) is 5.56 Å². The molecule has 2 rings (SSSR count). The molecule has 138 valence electrons. The molecule has 2 amide bonds. The molecular weight excluding hydrogens is 316 g/mol. The van der Waals surface area contributed by atoms with Crippen LogP contribution in [0.4, 0.5) is 0 Å². The monoisotopic (exact) mass is 346 g/mol. The Balaban J connectivity index is 1.84. The highest BCUT2D eigenvalue weighted by Gasteiger charge is 2.31. The number of amides is 2. The summed E-state index contributed by atoms with van der Waals surface area (Å²) in [7, 11) is 1.66. The van der Waals surface area contributed by atoms with E-state index >= 15 is 0 Å². The predicted molar refractivity (Wildman–Crippen MR) is 98.6 cm³/mol. The first-order valence-corrected chi connectivity index (χ1v) is 9.28. The van der Waals surface area contributed by atoms with E-state index in [-0.39, 0.29) is 23.9 Å². The van der Waals surface area contributed by atoms with Crippen LogP contribution in [-0.4, -0.2) is 42.5 Å². The lowest BCUT2D eigenvalue weighted by Crippen LogP contribution is -2.53. The van der Waals surface area contributed by atoms with Gasteiger partial charge < -0.3 is 15.0 Å². The summed E-state index contributed by atoms with van der Waals surface area (Å²) in [6.45, 7) is 4.57. The van der Waals surface area contributed by atoms with Gasteiger partial charge in [-0.2, -0.15) is 0 Å². The molecule has 1 N–H and O–H groups in total. The fourth-order valence-electron chi connectivity index (χ4n) is 3.29. The molecular formula is C20H30N2O3. The average Bonchev–Trinajstić information content (AvgIpc) is 2.66. The van der Waals surface area contributed by atoms with Crippen LogP contribution in [0.15, 0.2) is 24.3 Å². The van der Waals surface area contributed by atoms with Gasteiger partial charge in [0.2, 0.25) is 11.8 Å². The molecule has 0 spiro atoms. The highest BCUT2D eigenvalue weighted by Crippen LogP contribution is 2.19. The molecule has 1 aliphatic rings. The first-order valence-electron chi connectivity index (χ1n) is 9.28. The molecule has 5 nitrogen and oxygen atoms in total. The Labute approximate surface area is 150 Å². The van der Waals surface area contributed by atoms with E-state index in [9.17, 15) is 9.59 Å². The topological polar surface area (TPSA) is 58.6 Å². The van der Waals surface area contributed by atoms with Crippen LogP contribution in [0, 0.1) is 0 Å². The Morgan fingerprint density at radius 3 is 2.64 bits per heavy atom. The first-order chi connectivity index (χ1) is 12.0. The minimum absolute atomic E-state index is 0.0104. The Morgan fingerprint density at radius 2 is 2.00 bits per heavy atom. The maximum Gasteiger partial charge on any atom is 0.243 e. The van der Waals surface area contributed by atoms with Crippen LogP contribution in [0.5, 0.6) is 5.75 Å². The van der Waals surface area contributed by atoms with Crippen molar-refractivity contribution in [2.24, 2.45) is 0 Å². The largest absolute Gasteiger partial charge is 0.497 e. The second-order valence-electron chi connectivity index (χ2n) is 6.75. The number of carbonyl (C=O) groups is 2. The first kappa shape index (κ1) is 19.3. The number of hydrogen-bond acceptors (Lipinski definition) is 3. The number of benzene rings is 1. The lowest BCUT2D eigenvalue weighted by molar-refractivity contribution is -0.142. The lowest BCUT2D eigenvalue weighted by atomic mass is 10.00. The van der Waals surface area contributed by atoms with Crippen LogP contribution in [0.2, 0.25) is 0 Å². The molecule has 0 aliphatic carbocycles. The quantitative estimate of drug-likeness (QED) is 0.826. The van der Waals surface area contributed by atoms with Gasteiger partial charge in [-0.05, 0) is 56.7 Å². The zero-order chi connectivity index (χ0) is 18.2. The van der Waals surface area contributed by atoms with E-state index in [4.69, 9.17) is 4.74 Å². The van der Waals surface area contributed by atoms with Crippen LogP contribution < -0.4 is 10.1 Å². The third-order valence-electron chi connectivity index (χ3n) is 4.84. The molecule has 0 saturated carbocycles. The van der Waals surface area contributed by atoms with Crippen molar-refractivity contribution in [3.8, 4) is 5.75 Å². The highest BCUT2D eigenvalue weighted by molar-refractivity contribution is 5.87. The van der Waals surface area contributed by atoms with Crippen LogP contribution in [0.3, 0.4) is 0 Å². The number of rotatable bonds is 7. The fraction of sp³-hybridized carbons (Fsp3) is 0.600. The van der Waals surface area contributed by atoms with Gasteiger partial charge >= 0.3 is 0 Å². The second-order valence-corrected chi connectivity index (χ2v) is 6.75. The fourth-order valence-corrected chi connectivity index (χ4v) is 3.29. The third kappa shape index (κ3) is 5.48. The van der Waals surface area contributed by atoms with Crippen molar-refractivity contribution in [2.45, 2.75) is 64.5 Å². The molecule has 2 atom stereocenters. The van der Waals surface area contributed by atoms with Crippen LogP contribution in [0.25, 0.3) is 0 Å². The van der Waals surface area contributed by atoms with Crippen molar-refractivity contribution < 1.29 is 14.3 Å². The average molecular weight is 346 g/mol. The minimum atomic E-state index is -0.301. The van der Waals surface area contributed by atoms with E-state index in [0.717, 1.165) is 37.9 Å². The Morgan fingerprint density at radius 1 is 1.28 bits per heavy atom. The summed E-state index contributed by atoms with van der Waals surface area (Å²) in [5, 5.41) is 3.09. The standard InChI is InChI=1S/C20H30N2O3/c1-4-19(23)22-14-6-5-7-18(22)20(24)21-15(2)8-9-16-10-12-17(25-3)13-11-16/h10-13,15,18H,4-9,14H2,1-3H3,(H,21,24)/t15-,18-/m1/s1. The normalized spacial score (nSPS) is 18.5. The summed E-state index contributed by atoms with van der Waals surface area (Å²) >= 11 is 0. The third-order valence-corrected chi connectivity index (χ3v) is 4.84. The van der Waals surface area contributed by atoms with Gasteiger partial charge in [0.1, 0.15) is 11.8 Å². The van der Waals surface area contributed by atoms with Gasteiger partial charge in [-0.1, -0.05) is 19.1 Å². The second kappa shape index (κ2) is 9.44. The molecule has 0 aromatic heterocycles. The number of carbonyl (C=O) groups excluding carboxylic acids is 2. The molecule has 0 unspecified atom stereocenters. The molecule has 1 heterocycles. The number of nitrogens with zero attached hydrogens (tertiary/aromatic N) is 1. The SMILES string of the molecule is CCC(=O)N1CCCC[C@@H]1C(=O)N[C@H](C)CCc1ccc(OC)cc1. The molecule has 1 aromatic rings. The number of methoxy groups -OCH3 is 1. The zero-order valence-electron chi connectivity index (χ0n) is 15.6. The minimum Gasteiger partial charge on any atom is -0.497 e. The smallest absolute Gasteiger partial charge is 0.243 e. The van der Waals surface area contributed by atoms with E-state index in [1.54, 1.807) is 12.0 Å². The summed E-state index contributed by atoms with van der Waals surface area (Å²) < 4.78 is 5.16. The van der Waals surface area contributed by atoms with Gasteiger partial charge in [0.05, 0.1) is 7.11 Å². The van der Waals surface area contributed by atoms with Crippen molar-refractivity contribution in [3.05, 3.63) is 29.8 Å². The maximum atomic E-state index is 12.6. The van der Waals surface area contributed by atoms with Crippen molar-refractivity contribution in [1.29, 1.82) is 0 Å². The molecule has 1 saturated heterocycles. The van der Waals surface area contributed by atoms with E-state index in [0.29, 0.717) is 13.0 Å². The molecule has 1 aliphatic heterocycles. The Kier molecular flexibility index (Phi) is 7.29. The summed E-state index contributed by atoms with van der Waals surface area (Å²) in [5.74, 6) is 0.914. The highest BCUT2D eigenvalue weighted by atomic mass is 16.5. The van der Waals surface area contributed by atoms with Crippen LogP contribution in [-0.2, 0) is 16.0 Å². The van der Waals surface area contributed by atoms with Gasteiger partial charge in [-0.25, -0.2) is 0 Å². The number of piperidine rings is 1. The van der Waals surface area contributed by atoms with Crippen molar-refractivity contribution in [3.63, 3.8) is 0 Å². The number of ether oxygens (including phenoxy) is 1. The van der Waals surface area contributed by atoms with Gasteiger partial charge in [-0.3, -0.25) is 9.59 Å². The maximum absolute atomic E-state index is 12.6. The Bertz CT molecular complexity index is 571. The summed E-state index contributed by atoms with van der Waals surface area (Å²) in [5.41, 5.74) is 1.22. The van der Waals surface area contributed by atoms with Gasteiger partial charge in [0.25, 0.3) is 0 Å². The number of hydrogen-bond donors (Lipinski definition) is 1. The lowest BCUT2D eigenvalue weighted by Gasteiger charge is -2.35. The molecule has 0 radical (unpaired) electrons. The van der Waals surface area contributed by atoms with Crippen molar-refractivity contribution in [2.75, 3.05) is 13.7 Å². The number of likely N-dealkylation sites (tertiary alicyclic amines) is 1. The Hall–Kier alpha value is -2.04. The van der Waals surface area contributed by atoms with E-state index in [2.05, 4.69) is 17.4 Å². The van der Waals surface area contributed by atoms with Crippen LogP contribution in [0.1, 0.15) is 51.5 Å². The number of nitrogens with one attached hydrogen (secondary N) is 1. The van der Waals surface area contributed by atoms with Gasteiger partial charge in [0.15, 0.2) is 0 Å². The van der Waals surface area contributed by atoms with E-state index < -0.39 is 0 Å². The van der Waals surface area contributed by atoms with Crippen molar-refractivity contribution in [1.82, 2.24) is 10.2 Å². The summed E-state index contributed by atoms with van der Waals surface area (Å²) in [6.07, 6.45) is 4.98. The molecule has 25 heavy (non-hydrogen) atoms. The molecule has 0 bridgehead atoms. The summed E-state index contributed by atoms with van der Waals surface area (Å²) in [4.78, 5) is 26.4. The van der Waals surface area contributed by atoms with Crippen molar-refractivity contribution >= 4 is 11.8 Å². The molecule has 1 aromatic carbocycles. The zero-order valence-corrected chi connectivity index (χ0v) is 15.6. The van der Waals surface area contributed by atoms with E-state index in [1.807, 2.05) is 26.0 Å². The van der Waals surface area contributed by atoms with Crippen LogP contribution >= 0.6 is 0 Å². The molecule has 1 fully saturated rings. The number of aryl methyl sites for hydroxylation is 1. The predicted octanol–water partition coefficient (Wildman–Crippen LogP) is 2.92. The molecule has 5 heteroatoms. The summed E-state index contributed by atoms with van der Waals surface area (Å²) in [6, 6.07) is 7.79. The van der Waals surface area contributed by atoms with Gasteiger partial charge in [-0.15, -0.1) is 0 Å². The van der Waals surface area contributed by atoms with Gasteiger partial charge in [0, 0.05) is 19.0 Å².